The number of hydrogen-bond donors (Lipinski definition) is 2. The molecule has 1 aromatic heterocycles. The van der Waals surface area contributed by atoms with Crippen molar-refractivity contribution in [3.63, 3.8) is 0 Å². The third-order valence-corrected chi connectivity index (χ3v) is 3.59. The summed E-state index contributed by atoms with van der Waals surface area (Å²) < 4.78 is 0. The molecule has 2 unspecified atom stereocenters. The molecule has 2 atom stereocenters. The lowest BCUT2D eigenvalue weighted by Gasteiger charge is -2.34. The number of H-pyrrole nitrogens is 1. The molecular formula is C12H23N5. The van der Waals surface area contributed by atoms with Gasteiger partial charge in [0.05, 0.1) is 0 Å². The molecule has 0 amide bonds. The summed E-state index contributed by atoms with van der Waals surface area (Å²) in [6, 6.07) is 0.237. The Morgan fingerprint density at radius 1 is 1.53 bits per heavy atom. The van der Waals surface area contributed by atoms with E-state index in [9.17, 15) is 0 Å². The third-order valence-electron chi connectivity index (χ3n) is 3.59. The molecule has 1 aromatic rings. The Hall–Kier alpha value is -1.10. The zero-order valence-corrected chi connectivity index (χ0v) is 10.8. The lowest BCUT2D eigenvalue weighted by Crippen LogP contribution is -2.48. The van der Waals surface area contributed by atoms with Crippen LogP contribution in [0.5, 0.6) is 0 Å². The molecule has 1 aliphatic rings. The molecule has 5 nitrogen and oxygen atoms in total. The molecular weight excluding hydrogens is 214 g/mol. The van der Waals surface area contributed by atoms with Gasteiger partial charge in [-0.1, -0.05) is 20.3 Å². The predicted molar refractivity (Wildman–Crippen MR) is 69.0 cm³/mol. The zero-order chi connectivity index (χ0) is 12.3. The van der Waals surface area contributed by atoms with Gasteiger partial charge < -0.3 is 10.6 Å². The molecule has 0 saturated carbocycles. The molecule has 5 heteroatoms. The summed E-state index contributed by atoms with van der Waals surface area (Å²) in [5, 5.41) is 7.31. The van der Waals surface area contributed by atoms with Crippen molar-refractivity contribution in [3.8, 4) is 0 Å². The van der Waals surface area contributed by atoms with E-state index in [1.165, 1.54) is 6.42 Å². The molecule has 0 aromatic carbocycles. The molecule has 0 radical (unpaired) electrons. The molecule has 3 N–H and O–H groups in total. The van der Waals surface area contributed by atoms with E-state index in [2.05, 4.69) is 33.9 Å². The van der Waals surface area contributed by atoms with Gasteiger partial charge in [-0.25, -0.2) is 0 Å². The van der Waals surface area contributed by atoms with Gasteiger partial charge in [0.25, 0.3) is 0 Å². The second-order valence-electron chi connectivity index (χ2n) is 5.06. The summed E-state index contributed by atoms with van der Waals surface area (Å²) in [5.74, 6) is 2.41. The van der Waals surface area contributed by atoms with E-state index < -0.39 is 0 Å². The number of anilines is 1. The lowest BCUT2D eigenvalue weighted by atomic mass is 9.95. The van der Waals surface area contributed by atoms with E-state index in [-0.39, 0.29) is 6.04 Å². The Morgan fingerprint density at radius 2 is 2.35 bits per heavy atom. The van der Waals surface area contributed by atoms with Gasteiger partial charge in [0, 0.05) is 25.6 Å². The molecule has 1 aliphatic heterocycles. The van der Waals surface area contributed by atoms with Crippen LogP contribution in [0, 0.1) is 5.92 Å². The fraction of sp³-hybridized carbons (Fsp3) is 0.833. The van der Waals surface area contributed by atoms with Crippen LogP contribution < -0.4 is 10.6 Å². The first-order valence-corrected chi connectivity index (χ1v) is 6.62. The SMILES string of the molecule is CCCCc1nc(N2CCC(C)C(N)C2)n[nH]1. The van der Waals surface area contributed by atoms with E-state index in [4.69, 9.17) is 5.73 Å². The fourth-order valence-electron chi connectivity index (χ4n) is 2.16. The van der Waals surface area contributed by atoms with Crippen LogP contribution in [-0.2, 0) is 6.42 Å². The van der Waals surface area contributed by atoms with Crippen molar-refractivity contribution in [2.24, 2.45) is 11.7 Å². The number of nitrogens with zero attached hydrogens (tertiary/aromatic N) is 3. The van der Waals surface area contributed by atoms with Crippen molar-refractivity contribution < 1.29 is 0 Å². The summed E-state index contributed by atoms with van der Waals surface area (Å²) in [5.41, 5.74) is 6.09. The van der Waals surface area contributed by atoms with Gasteiger partial charge in [-0.15, -0.1) is 5.10 Å². The maximum atomic E-state index is 6.09. The van der Waals surface area contributed by atoms with Crippen LogP contribution in [0.3, 0.4) is 0 Å². The number of hydrogen-bond acceptors (Lipinski definition) is 4. The third kappa shape index (κ3) is 2.97. The van der Waals surface area contributed by atoms with Gasteiger partial charge in [0.2, 0.25) is 5.95 Å². The highest BCUT2D eigenvalue weighted by molar-refractivity contribution is 5.30. The first-order chi connectivity index (χ1) is 8.20. The van der Waals surface area contributed by atoms with Crippen LogP contribution in [0.4, 0.5) is 5.95 Å². The highest BCUT2D eigenvalue weighted by atomic mass is 15.4. The van der Waals surface area contributed by atoms with Gasteiger partial charge in [0.15, 0.2) is 0 Å². The molecule has 1 saturated heterocycles. The van der Waals surface area contributed by atoms with Crippen molar-refractivity contribution >= 4 is 5.95 Å². The van der Waals surface area contributed by atoms with Crippen LogP contribution in [0.1, 0.15) is 38.9 Å². The molecule has 17 heavy (non-hydrogen) atoms. The van der Waals surface area contributed by atoms with Gasteiger partial charge in [-0.2, -0.15) is 4.98 Å². The highest BCUT2D eigenvalue weighted by Gasteiger charge is 2.25. The van der Waals surface area contributed by atoms with Crippen molar-refractivity contribution in [2.75, 3.05) is 18.0 Å². The standard InChI is InChI=1S/C12H23N5/c1-3-4-5-11-14-12(16-15-11)17-7-6-9(2)10(13)8-17/h9-10H,3-8,13H2,1-2H3,(H,14,15,16). The maximum Gasteiger partial charge on any atom is 0.244 e. The average molecular weight is 237 g/mol. The number of nitrogens with one attached hydrogen (secondary N) is 1. The van der Waals surface area contributed by atoms with Crippen molar-refractivity contribution in [2.45, 2.75) is 45.6 Å². The normalized spacial score (nSPS) is 25.2. The first-order valence-electron chi connectivity index (χ1n) is 6.62. The number of unbranched alkanes of at least 4 members (excludes halogenated alkanes) is 1. The van der Waals surface area contributed by atoms with E-state index in [0.29, 0.717) is 5.92 Å². The van der Waals surface area contributed by atoms with Crippen LogP contribution in [-0.4, -0.2) is 34.3 Å². The van der Waals surface area contributed by atoms with Gasteiger partial charge >= 0.3 is 0 Å². The number of aromatic amines is 1. The molecule has 96 valence electrons. The van der Waals surface area contributed by atoms with Gasteiger partial charge in [-0.3, -0.25) is 5.10 Å². The summed E-state index contributed by atoms with van der Waals surface area (Å²) in [6.45, 7) is 6.28. The minimum atomic E-state index is 0.237. The quantitative estimate of drug-likeness (QED) is 0.828. The zero-order valence-electron chi connectivity index (χ0n) is 10.8. The van der Waals surface area contributed by atoms with Crippen LogP contribution in [0.2, 0.25) is 0 Å². The molecule has 0 bridgehead atoms. The Kier molecular flexibility index (Phi) is 3.99. The van der Waals surface area contributed by atoms with Crippen molar-refractivity contribution in [3.05, 3.63) is 5.82 Å². The Labute approximate surface area is 103 Å². The van der Waals surface area contributed by atoms with E-state index >= 15 is 0 Å². The summed E-state index contributed by atoms with van der Waals surface area (Å²) in [4.78, 5) is 6.73. The Bertz CT molecular complexity index is 348. The topological polar surface area (TPSA) is 70.8 Å². The number of aromatic nitrogens is 3. The molecule has 0 spiro atoms. The van der Waals surface area contributed by atoms with Crippen LogP contribution in [0.15, 0.2) is 0 Å². The minimum absolute atomic E-state index is 0.237. The van der Waals surface area contributed by atoms with Gasteiger partial charge in [-0.05, 0) is 18.8 Å². The Balaban J connectivity index is 1.95. The number of aryl methyl sites for hydroxylation is 1. The van der Waals surface area contributed by atoms with Crippen molar-refractivity contribution in [1.82, 2.24) is 15.2 Å². The maximum absolute atomic E-state index is 6.09. The smallest absolute Gasteiger partial charge is 0.244 e. The second kappa shape index (κ2) is 5.49. The molecule has 1 fully saturated rings. The van der Waals surface area contributed by atoms with Crippen LogP contribution >= 0.6 is 0 Å². The van der Waals surface area contributed by atoms with Crippen LogP contribution in [0.25, 0.3) is 0 Å². The van der Waals surface area contributed by atoms with E-state index in [1.54, 1.807) is 0 Å². The minimum Gasteiger partial charge on any atom is -0.338 e. The second-order valence-corrected chi connectivity index (χ2v) is 5.06. The summed E-state index contributed by atoms with van der Waals surface area (Å²) >= 11 is 0. The van der Waals surface area contributed by atoms with E-state index in [1.807, 2.05) is 0 Å². The van der Waals surface area contributed by atoms with E-state index in [0.717, 1.165) is 44.1 Å². The monoisotopic (exact) mass is 237 g/mol. The lowest BCUT2D eigenvalue weighted by molar-refractivity contribution is 0.376. The fourth-order valence-corrected chi connectivity index (χ4v) is 2.16. The average Bonchev–Trinajstić information content (AvgIpc) is 2.79. The molecule has 2 rings (SSSR count). The number of nitrogens with two attached hydrogens (primary N) is 1. The summed E-state index contributed by atoms with van der Waals surface area (Å²) in [7, 11) is 0. The number of piperidine rings is 1. The number of rotatable bonds is 4. The van der Waals surface area contributed by atoms with Crippen molar-refractivity contribution in [1.29, 1.82) is 0 Å². The summed E-state index contributed by atoms with van der Waals surface area (Å²) in [6.07, 6.45) is 4.45. The highest BCUT2D eigenvalue weighted by Crippen LogP contribution is 2.19. The molecule has 2 heterocycles. The largest absolute Gasteiger partial charge is 0.338 e. The predicted octanol–water partition coefficient (Wildman–Crippen LogP) is 1.32. The molecule has 0 aliphatic carbocycles. The van der Waals surface area contributed by atoms with Gasteiger partial charge in [0.1, 0.15) is 5.82 Å². The first kappa shape index (κ1) is 12.4. The Morgan fingerprint density at radius 3 is 3.06 bits per heavy atom.